The number of anilines is 1. The number of benzene rings is 1. The molecule has 1 aromatic carbocycles. The Kier molecular flexibility index (Phi) is 5.00. The number of piperazine rings is 1. The molecule has 122 valence electrons. The third kappa shape index (κ3) is 4.05. The first kappa shape index (κ1) is 16.3. The van der Waals surface area contributed by atoms with Gasteiger partial charge < -0.3 is 14.6 Å². The number of hydrogen-bond acceptors (Lipinski definition) is 4. The minimum absolute atomic E-state index is 0.0782. The maximum absolute atomic E-state index is 12.2. The van der Waals surface area contributed by atoms with Crippen LogP contribution in [-0.2, 0) is 4.79 Å². The molecule has 0 spiro atoms. The summed E-state index contributed by atoms with van der Waals surface area (Å²) in [6, 6.07) is 10.4. The van der Waals surface area contributed by atoms with E-state index in [0.717, 1.165) is 5.69 Å². The zero-order chi connectivity index (χ0) is 16.9. The summed E-state index contributed by atoms with van der Waals surface area (Å²) in [6.45, 7) is 2.76. The third-order valence-corrected chi connectivity index (χ3v) is 3.95. The van der Waals surface area contributed by atoms with Crippen LogP contribution in [0.25, 0.3) is 0 Å². The Morgan fingerprint density at radius 3 is 2.42 bits per heavy atom. The molecule has 0 atom stereocenters. The van der Waals surface area contributed by atoms with Crippen molar-refractivity contribution in [3.05, 3.63) is 48.4 Å². The fourth-order valence-electron chi connectivity index (χ4n) is 2.64. The number of hydrogen-bond donors (Lipinski definition) is 1. The highest BCUT2D eigenvalue weighted by atomic mass is 16.3. The van der Waals surface area contributed by atoms with E-state index in [-0.39, 0.29) is 11.8 Å². The van der Waals surface area contributed by atoms with Gasteiger partial charge in [0.25, 0.3) is 5.91 Å². The summed E-state index contributed by atoms with van der Waals surface area (Å²) < 4.78 is 5.14. The van der Waals surface area contributed by atoms with Crippen LogP contribution in [-0.4, -0.2) is 62.2 Å². The minimum Gasteiger partial charge on any atom is -0.459 e. The second kappa shape index (κ2) is 7.36. The predicted molar refractivity (Wildman–Crippen MR) is 91.5 cm³/mol. The molecular weight excluding hydrogens is 305 g/mol. The lowest BCUT2D eigenvalue weighted by molar-refractivity contribution is -0.117. The molecule has 6 nitrogen and oxygen atoms in total. The monoisotopic (exact) mass is 323 g/mol. The van der Waals surface area contributed by atoms with Gasteiger partial charge in [0.1, 0.15) is 7.85 Å². The van der Waals surface area contributed by atoms with Crippen molar-refractivity contribution in [1.29, 1.82) is 0 Å². The summed E-state index contributed by atoms with van der Waals surface area (Å²) in [6.07, 6.45) is 1.49. The van der Waals surface area contributed by atoms with Gasteiger partial charge >= 0.3 is 0 Å². The SMILES string of the molecule is [B]c1ccc(NC(=O)CN2CCN(C(=O)c3ccco3)CC2)cc1. The van der Waals surface area contributed by atoms with E-state index in [1.807, 2.05) is 4.90 Å². The maximum Gasteiger partial charge on any atom is 0.289 e. The average molecular weight is 323 g/mol. The van der Waals surface area contributed by atoms with Crippen LogP contribution >= 0.6 is 0 Å². The Labute approximate surface area is 141 Å². The quantitative estimate of drug-likeness (QED) is 0.831. The van der Waals surface area contributed by atoms with Gasteiger partial charge in [0.2, 0.25) is 5.91 Å². The molecule has 24 heavy (non-hydrogen) atoms. The molecule has 1 fully saturated rings. The standard InChI is InChI=1S/C17H18BN3O3/c18-13-3-5-14(6-4-13)19-16(22)12-20-7-9-21(10-8-20)17(23)15-2-1-11-24-15/h1-6,11H,7-10,12H2,(H,19,22). The largest absolute Gasteiger partial charge is 0.459 e. The van der Waals surface area contributed by atoms with Crippen molar-refractivity contribution >= 4 is 30.8 Å². The molecular formula is C17H18BN3O3. The van der Waals surface area contributed by atoms with Gasteiger partial charge in [0.05, 0.1) is 12.8 Å². The summed E-state index contributed by atoms with van der Waals surface area (Å²) in [7, 11) is 5.62. The Morgan fingerprint density at radius 1 is 1.08 bits per heavy atom. The van der Waals surface area contributed by atoms with Crippen molar-refractivity contribution in [2.45, 2.75) is 0 Å². The van der Waals surface area contributed by atoms with Gasteiger partial charge in [-0.3, -0.25) is 14.5 Å². The lowest BCUT2D eigenvalue weighted by Crippen LogP contribution is -2.50. The van der Waals surface area contributed by atoms with Gasteiger partial charge in [0.15, 0.2) is 5.76 Å². The van der Waals surface area contributed by atoms with Crippen molar-refractivity contribution in [2.24, 2.45) is 0 Å². The molecule has 1 saturated heterocycles. The second-order valence-electron chi connectivity index (χ2n) is 5.72. The fraction of sp³-hybridized carbons (Fsp3) is 0.294. The zero-order valence-electron chi connectivity index (χ0n) is 13.3. The average Bonchev–Trinajstić information content (AvgIpc) is 3.11. The summed E-state index contributed by atoms with van der Waals surface area (Å²) in [5, 5.41) is 2.84. The van der Waals surface area contributed by atoms with E-state index in [1.54, 1.807) is 41.3 Å². The minimum atomic E-state index is -0.106. The van der Waals surface area contributed by atoms with Gasteiger partial charge in [-0.1, -0.05) is 17.6 Å². The number of amides is 2. The first-order valence-electron chi connectivity index (χ1n) is 7.82. The number of furan rings is 1. The molecule has 1 aliphatic rings. The molecule has 0 unspecified atom stereocenters. The Bertz CT molecular complexity index is 692. The Hall–Kier alpha value is -2.54. The maximum atomic E-state index is 12.2. The van der Waals surface area contributed by atoms with E-state index in [9.17, 15) is 9.59 Å². The van der Waals surface area contributed by atoms with Gasteiger partial charge in [-0.25, -0.2) is 0 Å². The van der Waals surface area contributed by atoms with Crippen LogP contribution in [0.3, 0.4) is 0 Å². The molecule has 2 radical (unpaired) electrons. The number of carbonyl (C=O) groups is 2. The highest BCUT2D eigenvalue weighted by Gasteiger charge is 2.24. The predicted octanol–water partition coefficient (Wildman–Crippen LogP) is 0.470. The normalized spacial score (nSPS) is 15.2. The van der Waals surface area contributed by atoms with Crippen LogP contribution in [0.4, 0.5) is 5.69 Å². The van der Waals surface area contributed by atoms with Crippen molar-refractivity contribution in [3.63, 3.8) is 0 Å². The van der Waals surface area contributed by atoms with Crippen LogP contribution in [0.1, 0.15) is 10.6 Å². The highest BCUT2D eigenvalue weighted by Crippen LogP contribution is 2.10. The zero-order valence-corrected chi connectivity index (χ0v) is 13.3. The first-order valence-corrected chi connectivity index (χ1v) is 7.82. The fourth-order valence-corrected chi connectivity index (χ4v) is 2.64. The summed E-state index contributed by atoms with van der Waals surface area (Å²) in [5.41, 5.74) is 1.38. The summed E-state index contributed by atoms with van der Waals surface area (Å²) >= 11 is 0. The van der Waals surface area contributed by atoms with E-state index < -0.39 is 0 Å². The molecule has 0 saturated carbocycles. The van der Waals surface area contributed by atoms with Crippen LogP contribution in [0.2, 0.25) is 0 Å². The molecule has 7 heteroatoms. The molecule has 0 aliphatic carbocycles. The van der Waals surface area contributed by atoms with Crippen LogP contribution in [0.5, 0.6) is 0 Å². The van der Waals surface area contributed by atoms with E-state index in [0.29, 0.717) is 43.9 Å². The summed E-state index contributed by atoms with van der Waals surface area (Å²) in [4.78, 5) is 28.0. The van der Waals surface area contributed by atoms with E-state index >= 15 is 0 Å². The van der Waals surface area contributed by atoms with E-state index in [4.69, 9.17) is 12.3 Å². The van der Waals surface area contributed by atoms with Crippen LogP contribution in [0, 0.1) is 0 Å². The topological polar surface area (TPSA) is 65.8 Å². The number of carbonyl (C=O) groups excluding carboxylic acids is 2. The lowest BCUT2D eigenvalue weighted by Gasteiger charge is -2.33. The molecule has 0 bridgehead atoms. The van der Waals surface area contributed by atoms with Gasteiger partial charge in [-0.05, 0) is 24.3 Å². The Morgan fingerprint density at radius 2 is 1.79 bits per heavy atom. The number of nitrogens with one attached hydrogen (secondary N) is 1. The van der Waals surface area contributed by atoms with Crippen LogP contribution < -0.4 is 10.8 Å². The van der Waals surface area contributed by atoms with Crippen molar-refractivity contribution < 1.29 is 14.0 Å². The molecule has 2 aromatic rings. The smallest absolute Gasteiger partial charge is 0.289 e. The molecule has 3 rings (SSSR count). The van der Waals surface area contributed by atoms with Gasteiger partial charge in [-0.2, -0.15) is 0 Å². The second-order valence-corrected chi connectivity index (χ2v) is 5.72. The Balaban J connectivity index is 1.46. The van der Waals surface area contributed by atoms with Crippen LogP contribution in [0.15, 0.2) is 47.1 Å². The molecule has 1 aliphatic heterocycles. The van der Waals surface area contributed by atoms with E-state index in [1.165, 1.54) is 6.26 Å². The lowest BCUT2D eigenvalue weighted by atomic mass is 9.96. The highest BCUT2D eigenvalue weighted by molar-refractivity contribution is 6.32. The molecule has 2 amide bonds. The van der Waals surface area contributed by atoms with Crippen molar-refractivity contribution in [2.75, 3.05) is 38.0 Å². The van der Waals surface area contributed by atoms with Crippen molar-refractivity contribution in [3.8, 4) is 0 Å². The number of rotatable bonds is 4. The van der Waals surface area contributed by atoms with Gasteiger partial charge in [0, 0.05) is 31.9 Å². The molecule has 1 aromatic heterocycles. The molecule has 2 heterocycles. The first-order chi connectivity index (χ1) is 11.6. The molecule has 1 N–H and O–H groups in total. The van der Waals surface area contributed by atoms with E-state index in [2.05, 4.69) is 5.32 Å². The third-order valence-electron chi connectivity index (χ3n) is 3.95. The summed E-state index contributed by atoms with van der Waals surface area (Å²) in [5.74, 6) is 0.168. The number of nitrogens with zero attached hydrogens (tertiary/aromatic N) is 2. The van der Waals surface area contributed by atoms with Crippen molar-refractivity contribution in [1.82, 2.24) is 9.80 Å². The van der Waals surface area contributed by atoms with Gasteiger partial charge in [-0.15, -0.1) is 0 Å².